The van der Waals surface area contributed by atoms with Crippen molar-refractivity contribution >= 4 is 40.0 Å². The van der Waals surface area contributed by atoms with Crippen molar-refractivity contribution in [2.45, 2.75) is 30.1 Å². The standard InChI is InChI=1S/C25H22N4O2S2/c1-17-15-32-25(28-17)33-16-21-20-8-2-3-9-22(20)31-23(21)24(30)26-13-18-6-4-7-19(12-18)14-29-11-5-10-27-29/h2-12,15H,13-14,16H2,1H3,(H,26,30). The van der Waals surface area contributed by atoms with Crippen molar-refractivity contribution < 1.29 is 9.21 Å². The Morgan fingerprint density at radius 1 is 1.15 bits per heavy atom. The van der Waals surface area contributed by atoms with Gasteiger partial charge in [-0.1, -0.05) is 54.2 Å². The lowest BCUT2D eigenvalue weighted by atomic mass is 10.1. The molecule has 2 aromatic carbocycles. The van der Waals surface area contributed by atoms with Crippen molar-refractivity contribution in [2.75, 3.05) is 0 Å². The molecule has 0 radical (unpaired) electrons. The highest BCUT2D eigenvalue weighted by Gasteiger charge is 2.21. The van der Waals surface area contributed by atoms with E-state index in [0.29, 0.717) is 24.6 Å². The number of carbonyl (C=O) groups excluding carboxylic acids is 1. The van der Waals surface area contributed by atoms with Crippen molar-refractivity contribution in [3.63, 3.8) is 0 Å². The van der Waals surface area contributed by atoms with Crippen LogP contribution in [0.4, 0.5) is 0 Å². The van der Waals surface area contributed by atoms with Crippen molar-refractivity contribution in [3.8, 4) is 0 Å². The molecule has 5 rings (SSSR count). The van der Waals surface area contributed by atoms with Gasteiger partial charge in [-0.05, 0) is 30.2 Å². The number of aryl methyl sites for hydroxylation is 1. The fourth-order valence-corrected chi connectivity index (χ4v) is 5.52. The molecule has 0 atom stereocenters. The summed E-state index contributed by atoms with van der Waals surface area (Å²) in [4.78, 5) is 17.6. The zero-order valence-electron chi connectivity index (χ0n) is 18.0. The van der Waals surface area contributed by atoms with E-state index < -0.39 is 0 Å². The van der Waals surface area contributed by atoms with E-state index in [2.05, 4.69) is 27.5 Å². The first-order valence-electron chi connectivity index (χ1n) is 10.5. The van der Waals surface area contributed by atoms with Gasteiger partial charge in [-0.25, -0.2) is 4.98 Å². The lowest BCUT2D eigenvalue weighted by Crippen LogP contribution is -2.23. The van der Waals surface area contributed by atoms with Crippen LogP contribution in [0, 0.1) is 6.92 Å². The Morgan fingerprint density at radius 2 is 2.03 bits per heavy atom. The Kier molecular flexibility index (Phi) is 6.28. The van der Waals surface area contributed by atoms with Gasteiger partial charge in [-0.3, -0.25) is 9.48 Å². The number of aromatic nitrogens is 3. The summed E-state index contributed by atoms with van der Waals surface area (Å²) < 4.78 is 8.84. The van der Waals surface area contributed by atoms with Gasteiger partial charge in [0.1, 0.15) is 9.92 Å². The number of nitrogens with one attached hydrogen (secondary N) is 1. The van der Waals surface area contributed by atoms with Gasteiger partial charge in [0.25, 0.3) is 5.91 Å². The predicted molar refractivity (Wildman–Crippen MR) is 132 cm³/mol. The summed E-state index contributed by atoms with van der Waals surface area (Å²) in [6.45, 7) is 3.09. The van der Waals surface area contributed by atoms with E-state index in [1.54, 1.807) is 29.3 Å². The molecule has 0 spiro atoms. The molecule has 0 aliphatic rings. The Labute approximate surface area is 199 Å². The van der Waals surface area contributed by atoms with Gasteiger partial charge < -0.3 is 9.73 Å². The molecule has 8 heteroatoms. The van der Waals surface area contributed by atoms with E-state index in [1.807, 2.05) is 65.6 Å². The van der Waals surface area contributed by atoms with E-state index in [-0.39, 0.29) is 5.91 Å². The molecule has 0 bridgehead atoms. The first kappa shape index (κ1) is 21.5. The molecule has 5 aromatic rings. The quantitative estimate of drug-likeness (QED) is 0.294. The number of nitrogens with zero attached hydrogens (tertiary/aromatic N) is 3. The van der Waals surface area contributed by atoms with E-state index >= 15 is 0 Å². The number of thioether (sulfide) groups is 1. The molecule has 0 unspecified atom stereocenters. The van der Waals surface area contributed by atoms with Gasteiger partial charge in [-0.15, -0.1) is 11.3 Å². The SMILES string of the molecule is Cc1csc(SCc2c(C(=O)NCc3cccc(Cn4cccn4)c3)oc3ccccc23)n1. The van der Waals surface area contributed by atoms with Crippen molar-refractivity contribution in [1.29, 1.82) is 0 Å². The molecule has 0 aliphatic heterocycles. The summed E-state index contributed by atoms with van der Waals surface area (Å²) in [7, 11) is 0. The third-order valence-electron chi connectivity index (χ3n) is 5.19. The maximum absolute atomic E-state index is 13.1. The maximum Gasteiger partial charge on any atom is 0.287 e. The van der Waals surface area contributed by atoms with Crippen LogP contribution >= 0.6 is 23.1 Å². The van der Waals surface area contributed by atoms with E-state index in [4.69, 9.17) is 4.42 Å². The highest BCUT2D eigenvalue weighted by Crippen LogP contribution is 2.33. The summed E-state index contributed by atoms with van der Waals surface area (Å²) in [6.07, 6.45) is 3.70. The molecule has 0 saturated carbocycles. The molecule has 6 nitrogen and oxygen atoms in total. The van der Waals surface area contributed by atoms with Crippen molar-refractivity contribution in [2.24, 2.45) is 0 Å². The fourth-order valence-electron chi connectivity index (χ4n) is 3.64. The van der Waals surface area contributed by atoms with Gasteiger partial charge in [-0.2, -0.15) is 5.10 Å². The van der Waals surface area contributed by atoms with E-state index in [9.17, 15) is 4.79 Å². The lowest BCUT2D eigenvalue weighted by Gasteiger charge is -2.08. The number of carbonyl (C=O) groups is 1. The maximum atomic E-state index is 13.1. The molecule has 1 N–H and O–H groups in total. The fraction of sp³-hybridized carbons (Fsp3) is 0.160. The van der Waals surface area contributed by atoms with Crippen LogP contribution in [0.1, 0.15) is 32.9 Å². The summed E-state index contributed by atoms with van der Waals surface area (Å²) in [5.74, 6) is 0.769. The monoisotopic (exact) mass is 474 g/mol. The first-order chi connectivity index (χ1) is 16.2. The van der Waals surface area contributed by atoms with Crippen LogP contribution in [-0.2, 0) is 18.8 Å². The van der Waals surface area contributed by atoms with Gasteiger partial charge in [0.2, 0.25) is 0 Å². The predicted octanol–water partition coefficient (Wildman–Crippen LogP) is 5.66. The topological polar surface area (TPSA) is 73.0 Å². The summed E-state index contributed by atoms with van der Waals surface area (Å²) in [5, 5.41) is 10.3. The minimum Gasteiger partial charge on any atom is -0.451 e. The second kappa shape index (κ2) is 9.64. The van der Waals surface area contributed by atoms with Crippen LogP contribution in [0.15, 0.2) is 81.1 Å². The highest BCUT2D eigenvalue weighted by atomic mass is 32.2. The molecular formula is C25H22N4O2S2. The van der Waals surface area contributed by atoms with Crippen LogP contribution in [0.3, 0.4) is 0 Å². The minimum absolute atomic E-state index is 0.213. The van der Waals surface area contributed by atoms with E-state index in [1.165, 1.54) is 0 Å². The number of fused-ring (bicyclic) bond motifs is 1. The molecule has 166 valence electrons. The summed E-state index contributed by atoms with van der Waals surface area (Å²) in [5.41, 5.74) is 4.78. The Balaban J connectivity index is 1.32. The Hall–Kier alpha value is -3.36. The second-order valence-electron chi connectivity index (χ2n) is 7.66. The molecule has 3 aromatic heterocycles. The van der Waals surface area contributed by atoms with Crippen LogP contribution in [0.25, 0.3) is 11.0 Å². The molecule has 1 amide bonds. The largest absolute Gasteiger partial charge is 0.451 e. The van der Waals surface area contributed by atoms with Crippen LogP contribution in [-0.4, -0.2) is 20.7 Å². The third kappa shape index (κ3) is 5.02. The average molecular weight is 475 g/mol. The van der Waals surface area contributed by atoms with Gasteiger partial charge >= 0.3 is 0 Å². The van der Waals surface area contributed by atoms with Crippen molar-refractivity contribution in [3.05, 3.63) is 101 Å². The third-order valence-corrected chi connectivity index (χ3v) is 7.36. The summed E-state index contributed by atoms with van der Waals surface area (Å²) in [6, 6.07) is 17.8. The number of benzene rings is 2. The van der Waals surface area contributed by atoms with Crippen molar-refractivity contribution in [1.82, 2.24) is 20.1 Å². The number of rotatable bonds is 8. The van der Waals surface area contributed by atoms with Gasteiger partial charge in [0.15, 0.2) is 5.76 Å². The number of hydrogen-bond acceptors (Lipinski definition) is 6. The molecule has 0 fully saturated rings. The van der Waals surface area contributed by atoms with E-state index in [0.717, 1.165) is 37.7 Å². The number of para-hydroxylation sites is 1. The first-order valence-corrected chi connectivity index (χ1v) is 12.4. The number of furan rings is 1. The number of hydrogen-bond donors (Lipinski definition) is 1. The van der Waals surface area contributed by atoms with Gasteiger partial charge in [0, 0.05) is 46.7 Å². The summed E-state index contributed by atoms with van der Waals surface area (Å²) >= 11 is 3.24. The average Bonchev–Trinajstić information content (AvgIpc) is 3.57. The normalized spacial score (nSPS) is 11.2. The zero-order chi connectivity index (χ0) is 22.6. The molecule has 0 saturated heterocycles. The second-order valence-corrected chi connectivity index (χ2v) is 9.74. The van der Waals surface area contributed by atoms with Crippen LogP contribution in [0.2, 0.25) is 0 Å². The Morgan fingerprint density at radius 3 is 2.85 bits per heavy atom. The molecule has 3 heterocycles. The molecule has 0 aliphatic carbocycles. The van der Waals surface area contributed by atoms with Crippen LogP contribution in [0.5, 0.6) is 0 Å². The highest BCUT2D eigenvalue weighted by molar-refractivity contribution is 8.00. The van der Waals surface area contributed by atoms with Crippen LogP contribution < -0.4 is 5.32 Å². The molecule has 33 heavy (non-hydrogen) atoms. The Bertz CT molecular complexity index is 1390. The lowest BCUT2D eigenvalue weighted by molar-refractivity contribution is 0.0924. The number of amides is 1. The minimum atomic E-state index is -0.213. The number of thiazole rings is 1. The smallest absolute Gasteiger partial charge is 0.287 e. The zero-order valence-corrected chi connectivity index (χ0v) is 19.7. The molecular weight excluding hydrogens is 452 g/mol. The van der Waals surface area contributed by atoms with Gasteiger partial charge in [0.05, 0.1) is 6.54 Å².